The lowest BCUT2D eigenvalue weighted by Crippen LogP contribution is -2.11. The number of benzene rings is 3. The molecule has 0 bridgehead atoms. The molecule has 9 heteroatoms. The standard InChI is InChI=1S/C22H14ClFN2O3S2/c23-16-7-1-14(2-8-16)20(27)22-26-19(13-3-9-17(24)10-4-13)21(30-22)15-5-11-18(12-6-15)31(25,28)29/h1-12H,(H2,25,28,29). The van der Waals surface area contributed by atoms with Gasteiger partial charge in [-0.2, -0.15) is 0 Å². The van der Waals surface area contributed by atoms with Crippen LogP contribution in [0.2, 0.25) is 5.02 Å². The Balaban J connectivity index is 1.83. The summed E-state index contributed by atoms with van der Waals surface area (Å²) in [6.45, 7) is 0. The van der Waals surface area contributed by atoms with E-state index in [-0.39, 0.29) is 15.7 Å². The number of nitrogens with two attached hydrogens (primary N) is 1. The molecular weight excluding hydrogens is 459 g/mol. The highest BCUT2D eigenvalue weighted by Gasteiger charge is 2.21. The Bertz CT molecular complexity index is 1370. The molecule has 1 heterocycles. The largest absolute Gasteiger partial charge is 0.286 e. The van der Waals surface area contributed by atoms with Crippen LogP contribution in [0.5, 0.6) is 0 Å². The van der Waals surface area contributed by atoms with Crippen LogP contribution in [-0.2, 0) is 10.0 Å². The minimum absolute atomic E-state index is 0.0263. The number of halogens is 2. The topological polar surface area (TPSA) is 90.1 Å². The van der Waals surface area contributed by atoms with E-state index in [2.05, 4.69) is 4.98 Å². The zero-order valence-electron chi connectivity index (χ0n) is 15.7. The second kappa shape index (κ2) is 8.32. The van der Waals surface area contributed by atoms with Crippen LogP contribution in [0.25, 0.3) is 21.7 Å². The predicted octanol–water partition coefficient (Wildman–Crippen LogP) is 5.15. The number of carbonyl (C=O) groups excluding carboxylic acids is 1. The van der Waals surface area contributed by atoms with E-state index in [1.807, 2.05) is 0 Å². The van der Waals surface area contributed by atoms with Crippen molar-refractivity contribution < 1.29 is 17.6 Å². The molecule has 0 amide bonds. The van der Waals surface area contributed by atoms with E-state index in [0.717, 1.165) is 11.3 Å². The van der Waals surface area contributed by atoms with Crippen LogP contribution >= 0.6 is 22.9 Å². The maximum atomic E-state index is 13.4. The molecule has 156 valence electrons. The Morgan fingerprint density at radius 1 is 0.903 bits per heavy atom. The molecule has 0 fully saturated rings. The number of carbonyl (C=O) groups is 1. The van der Waals surface area contributed by atoms with Crippen LogP contribution in [0.4, 0.5) is 4.39 Å². The van der Waals surface area contributed by atoms with Gasteiger partial charge in [0.15, 0.2) is 5.01 Å². The van der Waals surface area contributed by atoms with Crippen molar-refractivity contribution in [3.63, 3.8) is 0 Å². The SMILES string of the molecule is NS(=O)(=O)c1ccc(-c2sc(C(=O)c3ccc(Cl)cc3)nc2-c2ccc(F)cc2)cc1. The molecule has 0 spiro atoms. The Morgan fingerprint density at radius 2 is 1.48 bits per heavy atom. The summed E-state index contributed by atoms with van der Waals surface area (Å²) in [5.74, 6) is -0.673. The number of sulfonamides is 1. The lowest BCUT2D eigenvalue weighted by atomic mass is 10.1. The third-order valence-electron chi connectivity index (χ3n) is 4.49. The molecule has 2 N–H and O–H groups in total. The van der Waals surface area contributed by atoms with Crippen LogP contribution in [0.15, 0.2) is 77.7 Å². The molecule has 31 heavy (non-hydrogen) atoms. The molecule has 0 aliphatic heterocycles. The third-order valence-corrected chi connectivity index (χ3v) is 6.77. The molecule has 0 radical (unpaired) electrons. The summed E-state index contributed by atoms with van der Waals surface area (Å²) < 4.78 is 36.5. The molecule has 4 aromatic rings. The van der Waals surface area contributed by atoms with Gasteiger partial charge in [0.1, 0.15) is 5.82 Å². The number of rotatable bonds is 5. The van der Waals surface area contributed by atoms with Gasteiger partial charge < -0.3 is 0 Å². The van der Waals surface area contributed by atoms with Crippen molar-refractivity contribution >= 4 is 38.7 Å². The van der Waals surface area contributed by atoms with Gasteiger partial charge in [0.25, 0.3) is 0 Å². The van der Waals surface area contributed by atoms with Crippen molar-refractivity contribution in [3.05, 3.63) is 94.2 Å². The highest BCUT2D eigenvalue weighted by atomic mass is 35.5. The van der Waals surface area contributed by atoms with Crippen LogP contribution < -0.4 is 5.14 Å². The Kier molecular flexibility index (Phi) is 5.72. The maximum Gasteiger partial charge on any atom is 0.238 e. The van der Waals surface area contributed by atoms with Gasteiger partial charge in [0, 0.05) is 16.1 Å². The second-order valence-electron chi connectivity index (χ2n) is 6.61. The summed E-state index contributed by atoms with van der Waals surface area (Å²) in [4.78, 5) is 18.1. The number of hydrogen-bond donors (Lipinski definition) is 1. The molecule has 0 aliphatic rings. The first-order valence-corrected chi connectivity index (χ1v) is 11.7. The normalized spacial score (nSPS) is 11.5. The molecule has 0 unspecified atom stereocenters. The number of primary sulfonamides is 1. The zero-order chi connectivity index (χ0) is 22.2. The van der Waals surface area contributed by atoms with Gasteiger partial charge >= 0.3 is 0 Å². The fourth-order valence-electron chi connectivity index (χ4n) is 2.94. The smallest absolute Gasteiger partial charge is 0.238 e. The molecule has 0 saturated heterocycles. The van der Waals surface area contributed by atoms with Gasteiger partial charge in [0.2, 0.25) is 15.8 Å². The average Bonchev–Trinajstić information content (AvgIpc) is 3.19. The molecular formula is C22H14ClFN2O3S2. The summed E-state index contributed by atoms with van der Waals surface area (Å²) in [6, 6.07) is 18.2. The molecule has 3 aromatic carbocycles. The van der Waals surface area contributed by atoms with Gasteiger partial charge in [0.05, 0.1) is 15.5 Å². The van der Waals surface area contributed by atoms with E-state index in [1.165, 1.54) is 24.3 Å². The number of nitrogens with zero attached hydrogens (tertiary/aromatic N) is 1. The Morgan fingerprint density at radius 3 is 2.06 bits per heavy atom. The van der Waals surface area contributed by atoms with Crippen LogP contribution in [0, 0.1) is 5.82 Å². The number of ketones is 1. The fraction of sp³-hybridized carbons (Fsp3) is 0. The molecule has 4 rings (SSSR count). The van der Waals surface area contributed by atoms with Crippen molar-refractivity contribution in [3.8, 4) is 21.7 Å². The van der Waals surface area contributed by atoms with E-state index >= 15 is 0 Å². The monoisotopic (exact) mass is 472 g/mol. The van der Waals surface area contributed by atoms with E-state index < -0.39 is 15.8 Å². The first-order valence-electron chi connectivity index (χ1n) is 8.92. The van der Waals surface area contributed by atoms with Gasteiger partial charge in [-0.25, -0.2) is 22.9 Å². The van der Waals surface area contributed by atoms with Crippen molar-refractivity contribution in [2.75, 3.05) is 0 Å². The quantitative estimate of drug-likeness (QED) is 0.407. The summed E-state index contributed by atoms with van der Waals surface area (Å²) in [5.41, 5.74) is 2.20. The van der Waals surface area contributed by atoms with Crippen molar-refractivity contribution in [1.29, 1.82) is 0 Å². The number of aromatic nitrogens is 1. The summed E-state index contributed by atoms with van der Waals surface area (Å²) in [5, 5.41) is 5.93. The summed E-state index contributed by atoms with van der Waals surface area (Å²) >= 11 is 7.07. The minimum atomic E-state index is -3.84. The molecule has 1 aromatic heterocycles. The number of hydrogen-bond acceptors (Lipinski definition) is 5. The van der Waals surface area contributed by atoms with Crippen molar-refractivity contribution in [1.82, 2.24) is 4.98 Å². The summed E-state index contributed by atoms with van der Waals surface area (Å²) in [7, 11) is -3.84. The number of thiazole rings is 1. The highest BCUT2D eigenvalue weighted by molar-refractivity contribution is 7.89. The second-order valence-corrected chi connectivity index (χ2v) is 9.61. The van der Waals surface area contributed by atoms with Gasteiger partial charge in [-0.15, -0.1) is 11.3 Å². The van der Waals surface area contributed by atoms with E-state index in [1.54, 1.807) is 48.5 Å². The fourth-order valence-corrected chi connectivity index (χ4v) is 4.63. The molecule has 5 nitrogen and oxygen atoms in total. The average molecular weight is 473 g/mol. The van der Waals surface area contributed by atoms with E-state index in [0.29, 0.717) is 32.3 Å². The van der Waals surface area contributed by atoms with Gasteiger partial charge in [-0.05, 0) is 66.2 Å². The first kappa shape index (κ1) is 21.3. The Labute approximate surface area is 187 Å². The Hall–Kier alpha value is -2.91. The lowest BCUT2D eigenvalue weighted by molar-refractivity contribution is 0.103. The predicted molar refractivity (Wildman–Crippen MR) is 119 cm³/mol. The van der Waals surface area contributed by atoms with E-state index in [9.17, 15) is 17.6 Å². The van der Waals surface area contributed by atoms with Crippen molar-refractivity contribution in [2.45, 2.75) is 4.90 Å². The van der Waals surface area contributed by atoms with Crippen molar-refractivity contribution in [2.24, 2.45) is 5.14 Å². The van der Waals surface area contributed by atoms with Gasteiger partial charge in [-0.3, -0.25) is 4.79 Å². The van der Waals surface area contributed by atoms with Gasteiger partial charge in [-0.1, -0.05) is 23.7 Å². The minimum Gasteiger partial charge on any atom is -0.286 e. The third kappa shape index (κ3) is 4.57. The zero-order valence-corrected chi connectivity index (χ0v) is 18.1. The summed E-state index contributed by atoms with van der Waals surface area (Å²) in [6.07, 6.45) is 0. The van der Waals surface area contributed by atoms with Crippen LogP contribution in [0.3, 0.4) is 0 Å². The van der Waals surface area contributed by atoms with E-state index in [4.69, 9.17) is 16.7 Å². The lowest BCUT2D eigenvalue weighted by Gasteiger charge is -2.04. The first-order chi connectivity index (χ1) is 14.7. The van der Waals surface area contributed by atoms with Crippen LogP contribution in [-0.4, -0.2) is 19.2 Å². The highest BCUT2D eigenvalue weighted by Crippen LogP contribution is 2.38. The van der Waals surface area contributed by atoms with Crippen LogP contribution in [0.1, 0.15) is 15.4 Å². The molecule has 0 aliphatic carbocycles. The molecule has 0 saturated carbocycles. The molecule has 0 atom stereocenters. The maximum absolute atomic E-state index is 13.4.